The summed E-state index contributed by atoms with van der Waals surface area (Å²) in [7, 11) is 1.94. The van der Waals surface area contributed by atoms with Crippen molar-refractivity contribution in [3.63, 3.8) is 0 Å². The quantitative estimate of drug-likeness (QED) is 0.311. The lowest BCUT2D eigenvalue weighted by atomic mass is 9.92. The van der Waals surface area contributed by atoms with E-state index in [1.54, 1.807) is 0 Å². The highest BCUT2D eigenvalue weighted by Gasteiger charge is 2.31. The Bertz CT molecular complexity index is 1330. The van der Waals surface area contributed by atoms with Crippen LogP contribution in [0.25, 0.3) is 10.8 Å². The lowest BCUT2D eigenvalue weighted by molar-refractivity contribution is 0.834. The third-order valence-corrected chi connectivity index (χ3v) is 6.86. The van der Waals surface area contributed by atoms with Crippen molar-refractivity contribution >= 4 is 33.5 Å². The fourth-order valence-corrected chi connectivity index (χ4v) is 5.06. The second-order valence-electron chi connectivity index (χ2n) is 9.75. The Labute approximate surface area is 203 Å². The molecule has 5 rings (SSSR count). The van der Waals surface area contributed by atoms with E-state index in [-0.39, 0.29) is 6.04 Å². The van der Waals surface area contributed by atoms with Crippen LogP contribution in [-0.4, -0.2) is 12.8 Å². The Morgan fingerprint density at radius 1 is 0.706 bits per heavy atom. The summed E-state index contributed by atoms with van der Waals surface area (Å²) < 4.78 is 0. The van der Waals surface area contributed by atoms with Crippen LogP contribution in [-0.2, 0) is 0 Å². The normalized spacial score (nSPS) is 16.1. The number of para-hydroxylation sites is 1. The Morgan fingerprint density at radius 2 is 1.29 bits per heavy atom. The van der Waals surface area contributed by atoms with Crippen molar-refractivity contribution < 1.29 is 0 Å². The van der Waals surface area contributed by atoms with Gasteiger partial charge in [0, 0.05) is 24.0 Å². The first-order valence-corrected chi connectivity index (χ1v) is 12.3. The van der Waals surface area contributed by atoms with Gasteiger partial charge in [-0.25, -0.2) is 4.99 Å². The molecule has 0 saturated heterocycles. The summed E-state index contributed by atoms with van der Waals surface area (Å²) in [5.41, 5.74) is 9.54. The summed E-state index contributed by atoms with van der Waals surface area (Å²) in [4.78, 5) is 5.49. The van der Waals surface area contributed by atoms with E-state index in [1.165, 1.54) is 33.0 Å². The number of nitrogens with zero attached hydrogens (tertiary/aromatic N) is 1. The van der Waals surface area contributed by atoms with Crippen molar-refractivity contribution in [2.75, 3.05) is 17.7 Å². The van der Waals surface area contributed by atoms with E-state index in [9.17, 15) is 0 Å². The molecule has 0 radical (unpaired) electrons. The van der Waals surface area contributed by atoms with E-state index in [0.717, 1.165) is 22.8 Å². The highest BCUT2D eigenvalue weighted by Crippen LogP contribution is 2.42. The Morgan fingerprint density at radius 3 is 1.91 bits per heavy atom. The summed E-state index contributed by atoms with van der Waals surface area (Å²) in [6.07, 6.45) is 0. The zero-order valence-corrected chi connectivity index (χ0v) is 20.7. The molecule has 3 heteroatoms. The largest absolute Gasteiger partial charge is 0.388 e. The van der Waals surface area contributed by atoms with Crippen LogP contribution in [0.3, 0.4) is 0 Å². The molecule has 4 aromatic carbocycles. The Hall–Kier alpha value is -3.59. The van der Waals surface area contributed by atoms with E-state index in [1.807, 2.05) is 7.05 Å². The highest BCUT2D eigenvalue weighted by molar-refractivity contribution is 6.22. The molecule has 0 aromatic heterocycles. The second kappa shape index (κ2) is 8.98. The van der Waals surface area contributed by atoms with Crippen molar-refractivity contribution in [2.45, 2.75) is 45.6 Å². The molecule has 0 heterocycles. The van der Waals surface area contributed by atoms with Crippen LogP contribution in [0.2, 0.25) is 0 Å². The van der Waals surface area contributed by atoms with Crippen molar-refractivity contribution in [1.82, 2.24) is 0 Å². The molecule has 0 saturated carbocycles. The van der Waals surface area contributed by atoms with Gasteiger partial charge in [0.15, 0.2) is 0 Å². The second-order valence-corrected chi connectivity index (χ2v) is 9.75. The lowest BCUT2D eigenvalue weighted by Gasteiger charge is -2.21. The summed E-state index contributed by atoms with van der Waals surface area (Å²) in [5.74, 6) is 0.802. The molecular weight excluding hydrogens is 414 g/mol. The maximum Gasteiger partial charge on any atom is 0.0952 e. The first kappa shape index (κ1) is 22.2. The van der Waals surface area contributed by atoms with Gasteiger partial charge < -0.3 is 10.6 Å². The standard InChI is InChI=1S/C31H33N3/c1-19(2)24-11-8-12-25(20(3)4)29(24)34-31-27-14-7-10-21-9-6-13-26(28(21)27)30(31)33-23-17-15-22(32-5)16-18-23/h6-20,30,32-33H,1-5H3/b34-31+. The molecule has 0 spiro atoms. The third kappa shape index (κ3) is 3.86. The molecule has 4 aromatic rings. The van der Waals surface area contributed by atoms with E-state index in [2.05, 4.69) is 117 Å². The van der Waals surface area contributed by atoms with Gasteiger partial charge in [0.05, 0.1) is 17.4 Å². The van der Waals surface area contributed by atoms with Crippen molar-refractivity contribution in [3.8, 4) is 0 Å². The minimum atomic E-state index is -0.0123. The number of anilines is 2. The monoisotopic (exact) mass is 447 g/mol. The highest BCUT2D eigenvalue weighted by atomic mass is 15.0. The van der Waals surface area contributed by atoms with Crippen LogP contribution < -0.4 is 10.6 Å². The van der Waals surface area contributed by atoms with Gasteiger partial charge in [-0.05, 0) is 63.6 Å². The summed E-state index contributed by atoms with van der Waals surface area (Å²) in [5, 5.41) is 9.58. The zero-order chi connectivity index (χ0) is 23.8. The Kier molecular flexibility index (Phi) is 5.87. The lowest BCUT2D eigenvalue weighted by Crippen LogP contribution is -2.17. The van der Waals surface area contributed by atoms with Gasteiger partial charge in [-0.2, -0.15) is 0 Å². The molecule has 1 atom stereocenters. The summed E-state index contributed by atoms with van der Waals surface area (Å²) >= 11 is 0. The molecule has 0 bridgehead atoms. The predicted octanol–water partition coefficient (Wildman–Crippen LogP) is 8.42. The van der Waals surface area contributed by atoms with Gasteiger partial charge in [-0.1, -0.05) is 82.3 Å². The SMILES string of the molecule is CNc1ccc(NC2/C(=N/c3c(C(C)C)cccc3C(C)C)c3cccc4cccc2c34)cc1. The number of hydrogen-bond acceptors (Lipinski definition) is 3. The maximum absolute atomic E-state index is 5.49. The molecule has 3 nitrogen and oxygen atoms in total. The van der Waals surface area contributed by atoms with Gasteiger partial charge in [-0.3, -0.25) is 0 Å². The molecule has 1 unspecified atom stereocenters. The van der Waals surface area contributed by atoms with Crippen LogP contribution in [0.4, 0.5) is 17.1 Å². The number of hydrogen-bond donors (Lipinski definition) is 2. The summed E-state index contributed by atoms with van der Waals surface area (Å²) in [6, 6.07) is 28.3. The third-order valence-electron chi connectivity index (χ3n) is 6.86. The smallest absolute Gasteiger partial charge is 0.0952 e. The van der Waals surface area contributed by atoms with Crippen LogP contribution in [0.5, 0.6) is 0 Å². The molecule has 1 aliphatic rings. The fraction of sp³-hybridized carbons (Fsp3) is 0.258. The molecule has 0 fully saturated rings. The number of nitrogens with one attached hydrogen (secondary N) is 2. The van der Waals surface area contributed by atoms with Gasteiger partial charge in [0.25, 0.3) is 0 Å². The number of rotatable bonds is 6. The van der Waals surface area contributed by atoms with Crippen molar-refractivity contribution in [3.05, 3.63) is 101 Å². The topological polar surface area (TPSA) is 36.4 Å². The van der Waals surface area contributed by atoms with Gasteiger partial charge in [0.1, 0.15) is 0 Å². The van der Waals surface area contributed by atoms with Crippen molar-refractivity contribution in [2.24, 2.45) is 4.99 Å². The first-order valence-electron chi connectivity index (χ1n) is 12.3. The predicted molar refractivity (Wildman–Crippen MR) is 147 cm³/mol. The zero-order valence-electron chi connectivity index (χ0n) is 20.7. The average molecular weight is 448 g/mol. The molecule has 1 aliphatic carbocycles. The van der Waals surface area contributed by atoms with Crippen LogP contribution in [0, 0.1) is 0 Å². The van der Waals surface area contributed by atoms with Gasteiger partial charge in [0.2, 0.25) is 0 Å². The van der Waals surface area contributed by atoms with E-state index in [4.69, 9.17) is 4.99 Å². The Balaban J connectivity index is 1.71. The number of aliphatic imine (C=N–C) groups is 1. The van der Waals surface area contributed by atoms with Crippen molar-refractivity contribution in [1.29, 1.82) is 0 Å². The maximum atomic E-state index is 5.49. The first-order chi connectivity index (χ1) is 16.5. The number of benzene rings is 4. The van der Waals surface area contributed by atoms with E-state index >= 15 is 0 Å². The molecule has 172 valence electrons. The minimum absolute atomic E-state index is 0.0123. The minimum Gasteiger partial charge on any atom is -0.388 e. The van der Waals surface area contributed by atoms with E-state index in [0.29, 0.717) is 11.8 Å². The molecule has 0 amide bonds. The molecular formula is C31H33N3. The van der Waals surface area contributed by atoms with Gasteiger partial charge in [-0.15, -0.1) is 0 Å². The van der Waals surface area contributed by atoms with Crippen LogP contribution >= 0.6 is 0 Å². The molecule has 2 N–H and O–H groups in total. The van der Waals surface area contributed by atoms with Crippen LogP contribution in [0.15, 0.2) is 83.9 Å². The molecule has 34 heavy (non-hydrogen) atoms. The molecule has 0 aliphatic heterocycles. The average Bonchev–Trinajstić information content (AvgIpc) is 3.13. The van der Waals surface area contributed by atoms with Crippen LogP contribution in [0.1, 0.15) is 67.8 Å². The summed E-state index contributed by atoms with van der Waals surface area (Å²) in [6.45, 7) is 9.02. The fourth-order valence-electron chi connectivity index (χ4n) is 5.06. The van der Waals surface area contributed by atoms with Gasteiger partial charge >= 0.3 is 0 Å². The van der Waals surface area contributed by atoms with E-state index < -0.39 is 0 Å².